The molecule has 1 aromatic heterocycles. The summed E-state index contributed by atoms with van der Waals surface area (Å²) in [7, 11) is 0. The van der Waals surface area contributed by atoms with E-state index in [9.17, 15) is 9.59 Å². The number of rotatable bonds is 6. The number of nitrogens with zero attached hydrogens (tertiary/aromatic N) is 2. The highest BCUT2D eigenvalue weighted by atomic mass is 32.1. The first-order chi connectivity index (χ1) is 14.7. The van der Waals surface area contributed by atoms with E-state index in [-0.39, 0.29) is 11.8 Å². The zero-order valence-corrected chi connectivity index (χ0v) is 18.2. The highest BCUT2D eigenvalue weighted by molar-refractivity contribution is 7.10. The maximum Gasteiger partial charge on any atom is 0.253 e. The number of benzene rings is 1. The van der Waals surface area contributed by atoms with E-state index in [1.807, 2.05) is 51.6 Å². The van der Waals surface area contributed by atoms with Gasteiger partial charge in [-0.1, -0.05) is 6.07 Å². The molecule has 0 saturated carbocycles. The molecule has 4 rings (SSSR count). The average Bonchev–Trinajstić information content (AvgIpc) is 3.31. The largest absolute Gasteiger partial charge is 0.493 e. The molecule has 30 heavy (non-hydrogen) atoms. The van der Waals surface area contributed by atoms with Crippen LogP contribution in [0.4, 0.5) is 0 Å². The molecule has 2 saturated heterocycles. The molecule has 5 nitrogen and oxygen atoms in total. The third kappa shape index (κ3) is 5.42. The summed E-state index contributed by atoms with van der Waals surface area (Å²) in [5.74, 6) is 1.46. The molecule has 2 amide bonds. The number of piperidine rings is 2. The molecule has 0 aliphatic carbocycles. The monoisotopic (exact) mass is 426 g/mol. The summed E-state index contributed by atoms with van der Waals surface area (Å²) in [4.78, 5) is 30.2. The van der Waals surface area contributed by atoms with Crippen molar-refractivity contribution < 1.29 is 14.3 Å². The van der Waals surface area contributed by atoms with Gasteiger partial charge in [0.25, 0.3) is 5.91 Å². The Morgan fingerprint density at radius 1 is 0.967 bits per heavy atom. The van der Waals surface area contributed by atoms with E-state index in [1.54, 1.807) is 11.3 Å². The fraction of sp³-hybridized carbons (Fsp3) is 0.500. The van der Waals surface area contributed by atoms with E-state index in [0.717, 1.165) is 68.1 Å². The van der Waals surface area contributed by atoms with E-state index in [1.165, 1.54) is 6.42 Å². The molecule has 3 heterocycles. The quantitative estimate of drug-likeness (QED) is 0.694. The number of thiophene rings is 1. The molecular weight excluding hydrogens is 396 g/mol. The molecule has 0 radical (unpaired) electrons. The minimum absolute atomic E-state index is 0.119. The lowest BCUT2D eigenvalue weighted by Crippen LogP contribution is -2.42. The Labute approximate surface area is 182 Å². The number of carbonyl (C=O) groups excluding carboxylic acids is 2. The van der Waals surface area contributed by atoms with Crippen LogP contribution in [0.3, 0.4) is 0 Å². The van der Waals surface area contributed by atoms with Crippen LogP contribution in [0.15, 0.2) is 41.8 Å². The molecule has 6 heteroatoms. The third-order valence-corrected chi connectivity index (χ3v) is 6.88. The zero-order valence-electron chi connectivity index (χ0n) is 17.4. The lowest BCUT2D eigenvalue weighted by Gasteiger charge is -2.32. The van der Waals surface area contributed by atoms with Crippen LogP contribution in [0.25, 0.3) is 0 Å². The van der Waals surface area contributed by atoms with Crippen molar-refractivity contribution in [3.63, 3.8) is 0 Å². The van der Waals surface area contributed by atoms with Gasteiger partial charge < -0.3 is 14.5 Å². The summed E-state index contributed by atoms with van der Waals surface area (Å²) in [6.07, 6.45) is 6.01. The van der Waals surface area contributed by atoms with Gasteiger partial charge in [-0.05, 0) is 67.8 Å². The Hall–Kier alpha value is -2.34. The van der Waals surface area contributed by atoms with Gasteiger partial charge in [0.1, 0.15) is 5.75 Å². The fourth-order valence-electron chi connectivity index (χ4n) is 4.29. The van der Waals surface area contributed by atoms with Crippen LogP contribution in [0.5, 0.6) is 5.75 Å². The predicted octanol–water partition coefficient (Wildman–Crippen LogP) is 4.23. The van der Waals surface area contributed by atoms with Crippen LogP contribution in [0.1, 0.15) is 47.3 Å². The molecule has 2 aliphatic rings. The average molecular weight is 427 g/mol. The first-order valence-corrected chi connectivity index (χ1v) is 11.9. The molecule has 0 N–H and O–H groups in total. The summed E-state index contributed by atoms with van der Waals surface area (Å²) < 4.78 is 6.00. The van der Waals surface area contributed by atoms with Crippen LogP contribution < -0.4 is 4.74 Å². The number of ether oxygens (including phenoxy) is 1. The molecule has 2 fully saturated rings. The third-order valence-electron chi connectivity index (χ3n) is 6.01. The smallest absolute Gasteiger partial charge is 0.253 e. The maximum atomic E-state index is 12.6. The number of hydrogen-bond donors (Lipinski definition) is 0. The van der Waals surface area contributed by atoms with Crippen molar-refractivity contribution in [2.45, 2.75) is 38.5 Å². The second-order valence-electron chi connectivity index (χ2n) is 8.29. The minimum atomic E-state index is 0.119. The van der Waals surface area contributed by atoms with Crippen LogP contribution >= 0.6 is 11.3 Å². The van der Waals surface area contributed by atoms with Crippen molar-refractivity contribution in [3.8, 4) is 5.75 Å². The second kappa shape index (κ2) is 10.1. The fourth-order valence-corrected chi connectivity index (χ4v) is 4.98. The van der Waals surface area contributed by atoms with Gasteiger partial charge in [-0.15, -0.1) is 11.3 Å². The van der Waals surface area contributed by atoms with Gasteiger partial charge in [0, 0.05) is 42.5 Å². The maximum absolute atomic E-state index is 12.6. The van der Waals surface area contributed by atoms with Crippen molar-refractivity contribution in [2.24, 2.45) is 5.92 Å². The molecule has 0 spiro atoms. The SMILES string of the molecule is O=C(Cc1cccs1)N1CCCC(COc2ccc(C(=O)N3CCCCC3)cc2)C1. The van der Waals surface area contributed by atoms with Gasteiger partial charge in [0.05, 0.1) is 13.0 Å². The highest BCUT2D eigenvalue weighted by Crippen LogP contribution is 2.21. The Bertz CT molecular complexity index is 829. The molecule has 1 unspecified atom stereocenters. The van der Waals surface area contributed by atoms with Gasteiger partial charge in [-0.2, -0.15) is 0 Å². The van der Waals surface area contributed by atoms with Crippen LogP contribution in [-0.2, 0) is 11.2 Å². The highest BCUT2D eigenvalue weighted by Gasteiger charge is 2.24. The Morgan fingerprint density at radius 2 is 1.73 bits per heavy atom. The van der Waals surface area contributed by atoms with E-state index in [0.29, 0.717) is 18.9 Å². The molecule has 1 aromatic carbocycles. The van der Waals surface area contributed by atoms with Crippen molar-refractivity contribution in [1.29, 1.82) is 0 Å². The van der Waals surface area contributed by atoms with E-state index in [2.05, 4.69) is 0 Å². The first-order valence-electron chi connectivity index (χ1n) is 11.0. The zero-order chi connectivity index (χ0) is 20.8. The Morgan fingerprint density at radius 3 is 2.47 bits per heavy atom. The molecule has 0 bridgehead atoms. The first kappa shape index (κ1) is 20.9. The van der Waals surface area contributed by atoms with E-state index < -0.39 is 0 Å². The molecular formula is C24H30N2O3S. The number of likely N-dealkylation sites (tertiary alicyclic amines) is 2. The normalized spacial score (nSPS) is 19.5. The Kier molecular flexibility index (Phi) is 7.05. The molecule has 2 aliphatic heterocycles. The standard InChI is InChI=1S/C24H30N2O3S/c27-23(16-22-7-5-15-30-22)26-14-4-6-19(17-26)18-29-21-10-8-20(9-11-21)24(28)25-12-2-1-3-13-25/h5,7-11,15,19H,1-4,6,12-14,16-18H2. The Balaban J connectivity index is 1.25. The van der Waals surface area contributed by atoms with E-state index >= 15 is 0 Å². The van der Waals surface area contributed by atoms with Gasteiger partial charge in [0.2, 0.25) is 5.91 Å². The summed E-state index contributed by atoms with van der Waals surface area (Å²) in [5, 5.41) is 2.01. The van der Waals surface area contributed by atoms with Crippen LogP contribution in [0, 0.1) is 5.92 Å². The van der Waals surface area contributed by atoms with Crippen LogP contribution in [-0.4, -0.2) is 54.4 Å². The number of carbonyl (C=O) groups is 2. The summed E-state index contributed by atoms with van der Waals surface area (Å²) >= 11 is 1.64. The summed E-state index contributed by atoms with van der Waals surface area (Å²) in [6, 6.07) is 11.5. The predicted molar refractivity (Wildman–Crippen MR) is 119 cm³/mol. The number of amides is 2. The second-order valence-corrected chi connectivity index (χ2v) is 9.32. The summed E-state index contributed by atoms with van der Waals surface area (Å²) in [6.45, 7) is 3.92. The minimum Gasteiger partial charge on any atom is -0.493 e. The van der Waals surface area contributed by atoms with E-state index in [4.69, 9.17) is 4.74 Å². The molecule has 2 aromatic rings. The topological polar surface area (TPSA) is 49.9 Å². The van der Waals surface area contributed by atoms with Crippen molar-refractivity contribution in [3.05, 3.63) is 52.2 Å². The lowest BCUT2D eigenvalue weighted by atomic mass is 9.98. The van der Waals surface area contributed by atoms with Gasteiger partial charge in [-0.25, -0.2) is 0 Å². The molecule has 1 atom stereocenters. The molecule has 160 valence electrons. The van der Waals surface area contributed by atoms with Gasteiger partial charge in [0.15, 0.2) is 0 Å². The van der Waals surface area contributed by atoms with Crippen molar-refractivity contribution >= 4 is 23.2 Å². The summed E-state index contributed by atoms with van der Waals surface area (Å²) in [5.41, 5.74) is 0.729. The van der Waals surface area contributed by atoms with Gasteiger partial charge >= 0.3 is 0 Å². The van der Waals surface area contributed by atoms with Crippen molar-refractivity contribution in [2.75, 3.05) is 32.8 Å². The van der Waals surface area contributed by atoms with Crippen molar-refractivity contribution in [1.82, 2.24) is 9.80 Å². The number of hydrogen-bond acceptors (Lipinski definition) is 4. The lowest BCUT2D eigenvalue weighted by molar-refractivity contribution is -0.132. The van der Waals surface area contributed by atoms with Crippen LogP contribution in [0.2, 0.25) is 0 Å². The van der Waals surface area contributed by atoms with Gasteiger partial charge in [-0.3, -0.25) is 9.59 Å².